The molecule has 1 N–H and O–H groups in total. The van der Waals surface area contributed by atoms with Crippen LogP contribution in [0.1, 0.15) is 10.5 Å². The first-order valence-corrected chi connectivity index (χ1v) is 5.65. The van der Waals surface area contributed by atoms with Crippen molar-refractivity contribution in [1.82, 2.24) is 14.9 Å². The van der Waals surface area contributed by atoms with Crippen molar-refractivity contribution in [2.24, 2.45) is 0 Å². The van der Waals surface area contributed by atoms with E-state index in [0.29, 0.717) is 38.2 Å². The predicted molar refractivity (Wildman–Crippen MR) is 63.7 cm³/mol. The summed E-state index contributed by atoms with van der Waals surface area (Å²) < 4.78 is 0. The molecule has 2 heterocycles. The lowest BCUT2D eigenvalue weighted by Gasteiger charge is -2.34. The number of hydrogen-bond acceptors (Lipinski definition) is 6. The average Bonchev–Trinajstić information content (AvgIpc) is 2.39. The van der Waals surface area contributed by atoms with E-state index in [2.05, 4.69) is 9.97 Å². The van der Waals surface area contributed by atoms with Crippen LogP contribution in [-0.2, 0) is 4.79 Å². The van der Waals surface area contributed by atoms with Gasteiger partial charge in [-0.2, -0.15) is 0 Å². The highest BCUT2D eigenvalue weighted by atomic mass is 16.4. The van der Waals surface area contributed by atoms with Crippen molar-refractivity contribution in [1.29, 1.82) is 0 Å². The van der Waals surface area contributed by atoms with Gasteiger partial charge in [0, 0.05) is 26.2 Å². The summed E-state index contributed by atoms with van der Waals surface area (Å²) >= 11 is 0. The van der Waals surface area contributed by atoms with E-state index in [9.17, 15) is 9.59 Å². The Morgan fingerprint density at radius 2 is 2.00 bits per heavy atom. The Bertz CT molecular complexity index is 426. The van der Waals surface area contributed by atoms with Gasteiger partial charge in [-0.3, -0.25) is 14.5 Å². The number of piperazine rings is 1. The van der Waals surface area contributed by atoms with Crippen molar-refractivity contribution in [2.45, 2.75) is 0 Å². The van der Waals surface area contributed by atoms with Crippen molar-refractivity contribution >= 4 is 18.1 Å². The first kappa shape index (κ1) is 12.4. The van der Waals surface area contributed by atoms with Crippen LogP contribution in [0.3, 0.4) is 0 Å². The number of hydrogen-bond donors (Lipinski definition) is 1. The molecule has 1 fully saturated rings. The van der Waals surface area contributed by atoms with Crippen LogP contribution in [-0.4, -0.2) is 65.0 Å². The minimum Gasteiger partial charge on any atom is -0.480 e. The fourth-order valence-electron chi connectivity index (χ4n) is 1.88. The number of nitrogens with zero attached hydrogens (tertiary/aromatic N) is 4. The molecule has 0 bridgehead atoms. The van der Waals surface area contributed by atoms with Crippen molar-refractivity contribution in [2.75, 3.05) is 37.6 Å². The quantitative estimate of drug-likeness (QED) is 0.720. The molecule has 1 saturated heterocycles. The molecule has 0 saturated carbocycles. The zero-order chi connectivity index (χ0) is 13.0. The molecule has 0 unspecified atom stereocenters. The second-order valence-electron chi connectivity index (χ2n) is 4.07. The third kappa shape index (κ3) is 3.01. The van der Waals surface area contributed by atoms with Gasteiger partial charge < -0.3 is 10.0 Å². The van der Waals surface area contributed by atoms with Gasteiger partial charge >= 0.3 is 5.97 Å². The molecule has 1 aliphatic rings. The Hall–Kier alpha value is -2.02. The molecular weight excluding hydrogens is 236 g/mol. The molecule has 0 aliphatic carbocycles. The summed E-state index contributed by atoms with van der Waals surface area (Å²) in [6.45, 7) is 2.86. The van der Waals surface area contributed by atoms with Crippen molar-refractivity contribution in [3.05, 3.63) is 18.1 Å². The normalized spacial score (nSPS) is 16.6. The van der Waals surface area contributed by atoms with Crippen LogP contribution in [0.15, 0.2) is 12.4 Å². The van der Waals surface area contributed by atoms with Crippen LogP contribution in [0.2, 0.25) is 0 Å². The van der Waals surface area contributed by atoms with E-state index in [4.69, 9.17) is 5.11 Å². The molecule has 0 spiro atoms. The second-order valence-corrected chi connectivity index (χ2v) is 4.07. The Labute approximate surface area is 104 Å². The number of rotatable bonds is 4. The summed E-state index contributed by atoms with van der Waals surface area (Å²) in [5.74, 6) is -0.0887. The van der Waals surface area contributed by atoms with Gasteiger partial charge in [0.15, 0.2) is 6.29 Å². The molecule has 0 radical (unpaired) electrons. The average molecular weight is 250 g/mol. The predicted octanol–water partition coefficient (Wildman–Crippen LogP) is -0.504. The van der Waals surface area contributed by atoms with E-state index in [1.54, 1.807) is 6.20 Å². The van der Waals surface area contributed by atoms with Crippen LogP contribution in [0.25, 0.3) is 0 Å². The molecule has 7 nitrogen and oxygen atoms in total. The number of carboxylic acids is 1. The van der Waals surface area contributed by atoms with E-state index < -0.39 is 5.97 Å². The topological polar surface area (TPSA) is 86.6 Å². The highest BCUT2D eigenvalue weighted by Gasteiger charge is 2.19. The minimum atomic E-state index is -0.807. The number of carbonyl (C=O) groups excluding carboxylic acids is 1. The van der Waals surface area contributed by atoms with E-state index in [-0.39, 0.29) is 6.54 Å². The molecule has 7 heteroatoms. The molecule has 1 aromatic heterocycles. The third-order valence-electron chi connectivity index (χ3n) is 2.83. The minimum absolute atomic E-state index is 0.0730. The Morgan fingerprint density at radius 3 is 2.50 bits per heavy atom. The van der Waals surface area contributed by atoms with Crippen molar-refractivity contribution in [3.63, 3.8) is 0 Å². The Kier molecular flexibility index (Phi) is 3.83. The SMILES string of the molecule is O=Cc1cnc(N2CCN(CC(=O)O)CC2)cn1. The van der Waals surface area contributed by atoms with E-state index in [0.717, 1.165) is 5.82 Å². The highest BCUT2D eigenvalue weighted by molar-refractivity contribution is 5.71. The second kappa shape index (κ2) is 5.54. The summed E-state index contributed by atoms with van der Waals surface area (Å²) in [5, 5.41) is 8.70. The summed E-state index contributed by atoms with van der Waals surface area (Å²) in [4.78, 5) is 33.1. The lowest BCUT2D eigenvalue weighted by Crippen LogP contribution is -2.48. The summed E-state index contributed by atoms with van der Waals surface area (Å²) in [7, 11) is 0. The molecule has 0 aromatic carbocycles. The number of aldehydes is 1. The standard InChI is InChI=1S/C11H14N4O3/c16-8-9-5-13-10(6-12-9)15-3-1-14(2-4-15)7-11(17)18/h5-6,8H,1-4,7H2,(H,17,18). The molecule has 1 aromatic rings. The Morgan fingerprint density at radius 1 is 1.28 bits per heavy atom. The zero-order valence-corrected chi connectivity index (χ0v) is 9.82. The Balaban J connectivity index is 1.92. The monoisotopic (exact) mass is 250 g/mol. The number of aromatic nitrogens is 2. The fraction of sp³-hybridized carbons (Fsp3) is 0.455. The molecule has 0 atom stereocenters. The summed E-state index contributed by atoms with van der Waals surface area (Å²) in [6, 6.07) is 0. The van der Waals surface area contributed by atoms with Crippen LogP contribution in [0.5, 0.6) is 0 Å². The van der Waals surface area contributed by atoms with Crippen LogP contribution < -0.4 is 4.90 Å². The largest absolute Gasteiger partial charge is 0.480 e. The van der Waals surface area contributed by atoms with Gasteiger partial charge in [0.05, 0.1) is 18.9 Å². The smallest absolute Gasteiger partial charge is 0.317 e. The van der Waals surface area contributed by atoms with Gasteiger partial charge in [0.1, 0.15) is 11.5 Å². The number of anilines is 1. The fourth-order valence-corrected chi connectivity index (χ4v) is 1.88. The number of carbonyl (C=O) groups is 2. The van der Waals surface area contributed by atoms with Gasteiger partial charge in [0.2, 0.25) is 0 Å². The van der Waals surface area contributed by atoms with Gasteiger partial charge in [-0.1, -0.05) is 0 Å². The maximum Gasteiger partial charge on any atom is 0.317 e. The molecule has 1 aliphatic heterocycles. The maximum absolute atomic E-state index is 10.6. The van der Waals surface area contributed by atoms with Crippen LogP contribution >= 0.6 is 0 Å². The van der Waals surface area contributed by atoms with Gasteiger partial charge in [-0.05, 0) is 0 Å². The first-order valence-electron chi connectivity index (χ1n) is 5.65. The van der Waals surface area contributed by atoms with Gasteiger partial charge in [-0.15, -0.1) is 0 Å². The molecule has 0 amide bonds. The van der Waals surface area contributed by atoms with E-state index in [1.165, 1.54) is 6.20 Å². The first-order chi connectivity index (χ1) is 8.69. The van der Waals surface area contributed by atoms with E-state index in [1.807, 2.05) is 9.80 Å². The van der Waals surface area contributed by atoms with Crippen molar-refractivity contribution in [3.8, 4) is 0 Å². The number of carboxylic acid groups (broad SMARTS) is 1. The van der Waals surface area contributed by atoms with Crippen LogP contribution in [0.4, 0.5) is 5.82 Å². The maximum atomic E-state index is 10.6. The molecular formula is C11H14N4O3. The lowest BCUT2D eigenvalue weighted by molar-refractivity contribution is -0.138. The molecule has 18 heavy (non-hydrogen) atoms. The van der Waals surface area contributed by atoms with Gasteiger partial charge in [0.25, 0.3) is 0 Å². The number of aliphatic carboxylic acids is 1. The lowest BCUT2D eigenvalue weighted by atomic mass is 10.3. The summed E-state index contributed by atoms with van der Waals surface area (Å²) in [5.41, 5.74) is 0.309. The highest BCUT2D eigenvalue weighted by Crippen LogP contribution is 2.11. The third-order valence-corrected chi connectivity index (χ3v) is 2.83. The van der Waals surface area contributed by atoms with E-state index >= 15 is 0 Å². The van der Waals surface area contributed by atoms with Crippen molar-refractivity contribution < 1.29 is 14.7 Å². The van der Waals surface area contributed by atoms with Crippen LogP contribution in [0, 0.1) is 0 Å². The van der Waals surface area contributed by atoms with Gasteiger partial charge in [-0.25, -0.2) is 9.97 Å². The zero-order valence-electron chi connectivity index (χ0n) is 9.82. The molecule has 96 valence electrons. The summed E-state index contributed by atoms with van der Waals surface area (Å²) in [6.07, 6.45) is 3.66. The molecule has 2 rings (SSSR count).